The van der Waals surface area contributed by atoms with Crippen LogP contribution in [0.2, 0.25) is 0 Å². The Morgan fingerprint density at radius 1 is 1.25 bits per heavy atom. The number of ether oxygens (including phenoxy) is 1. The van der Waals surface area contributed by atoms with Gasteiger partial charge in [-0.05, 0) is 35.0 Å². The number of aliphatic hydroxyl groups is 1. The van der Waals surface area contributed by atoms with E-state index in [1.54, 1.807) is 0 Å². The molecule has 2 atom stereocenters. The summed E-state index contributed by atoms with van der Waals surface area (Å²) < 4.78 is 37.2. The first-order valence-corrected chi connectivity index (χ1v) is 13.0. The SMILES string of the molecule is COc1c(C(N)=O)cnc2ccc(/C=S3/CC(=O)NC3=N[C@@H](CO)Cc3ccccc3)cc12.O=C(O)C(F)(F)F. The molecule has 3 aromatic rings. The molecule has 10 nitrogen and oxygen atoms in total. The fourth-order valence-electron chi connectivity index (χ4n) is 3.65. The van der Waals surface area contributed by atoms with Crippen LogP contribution in [0.5, 0.6) is 5.75 Å². The van der Waals surface area contributed by atoms with Crippen LogP contribution in [-0.2, 0) is 16.0 Å². The van der Waals surface area contributed by atoms with Crippen molar-refractivity contribution in [1.82, 2.24) is 10.3 Å². The number of alkyl halides is 3. The van der Waals surface area contributed by atoms with Crippen molar-refractivity contribution in [2.75, 3.05) is 19.5 Å². The quantitative estimate of drug-likeness (QED) is 0.313. The summed E-state index contributed by atoms with van der Waals surface area (Å²) in [6, 6.07) is 15.0. The highest BCUT2D eigenvalue weighted by Crippen LogP contribution is 2.30. The zero-order chi connectivity index (χ0) is 29.4. The second-order valence-electron chi connectivity index (χ2n) is 8.35. The lowest BCUT2D eigenvalue weighted by atomic mass is 10.1. The molecule has 0 spiro atoms. The van der Waals surface area contributed by atoms with Crippen LogP contribution in [0.15, 0.2) is 59.7 Å². The number of aliphatic hydroxyl groups excluding tert-OH is 1. The Morgan fingerprint density at radius 2 is 1.93 bits per heavy atom. The summed E-state index contributed by atoms with van der Waals surface area (Å²) in [6.07, 6.45) is -3.11. The van der Waals surface area contributed by atoms with Crippen molar-refractivity contribution in [1.29, 1.82) is 0 Å². The maximum atomic E-state index is 12.2. The molecule has 1 aliphatic heterocycles. The minimum Gasteiger partial charge on any atom is -0.495 e. The summed E-state index contributed by atoms with van der Waals surface area (Å²) in [5.74, 6) is -2.83. The molecule has 0 bridgehead atoms. The standard InChI is InChI=1S/C24H24N4O4S.C2HF3O2/c1-32-22-18-10-16(7-8-20(18)26-11-19(22)23(25)31)13-33-14-21(30)28-24(33)27-17(12-29)9-15-5-3-2-4-6-15;3-2(4,5)1(6)7/h2-8,10-11,13,17,29H,9,12,14H2,1H3,(H2,25,31)(H,27,28,30);(H,6,7)/t17-,33?;/m1./s1. The van der Waals surface area contributed by atoms with Crippen molar-refractivity contribution < 1.29 is 42.5 Å². The molecule has 2 amide bonds. The second kappa shape index (κ2) is 13.2. The molecule has 1 aromatic heterocycles. The molecular weight excluding hydrogens is 553 g/mol. The van der Waals surface area contributed by atoms with Gasteiger partial charge in [0.2, 0.25) is 5.91 Å². The van der Waals surface area contributed by atoms with E-state index >= 15 is 0 Å². The molecule has 4 rings (SSSR count). The molecule has 1 aliphatic rings. The number of aromatic nitrogens is 1. The van der Waals surface area contributed by atoms with Crippen molar-refractivity contribution in [2.24, 2.45) is 10.7 Å². The maximum absolute atomic E-state index is 12.2. The normalized spacial score (nSPS) is 16.8. The number of methoxy groups -OCH3 is 1. The second-order valence-corrected chi connectivity index (χ2v) is 10.1. The Kier molecular flexibility index (Phi) is 9.96. The number of halogens is 3. The number of primary amides is 1. The Bertz CT molecular complexity index is 1480. The minimum absolute atomic E-state index is 0.110. The van der Waals surface area contributed by atoms with E-state index < -0.39 is 28.5 Å². The monoisotopic (exact) mass is 578 g/mol. The number of hydrogen-bond acceptors (Lipinski definition) is 7. The van der Waals surface area contributed by atoms with Gasteiger partial charge >= 0.3 is 12.1 Å². The molecule has 1 fully saturated rings. The third-order valence-corrected chi connectivity index (χ3v) is 7.27. The highest BCUT2D eigenvalue weighted by molar-refractivity contribution is 8.29. The highest BCUT2D eigenvalue weighted by atomic mass is 32.2. The Hall–Kier alpha value is -4.30. The molecule has 2 aromatic carbocycles. The van der Waals surface area contributed by atoms with Crippen LogP contribution >= 0.6 is 10.5 Å². The number of pyridine rings is 1. The number of carbonyl (C=O) groups excluding carboxylic acids is 2. The third-order valence-electron chi connectivity index (χ3n) is 5.44. The lowest BCUT2D eigenvalue weighted by Gasteiger charge is -2.12. The van der Waals surface area contributed by atoms with E-state index in [1.165, 1.54) is 13.3 Å². The number of nitrogens with two attached hydrogens (primary N) is 1. The van der Waals surface area contributed by atoms with Crippen molar-refractivity contribution in [3.8, 4) is 5.75 Å². The molecule has 0 aliphatic carbocycles. The predicted octanol–water partition coefficient (Wildman–Crippen LogP) is 2.48. The number of benzene rings is 2. The number of nitrogens with one attached hydrogen (secondary N) is 1. The summed E-state index contributed by atoms with van der Waals surface area (Å²) in [5.41, 5.74) is 8.22. The first-order valence-electron chi connectivity index (χ1n) is 11.6. The van der Waals surface area contributed by atoms with Crippen LogP contribution in [-0.4, -0.2) is 75.2 Å². The predicted molar refractivity (Wildman–Crippen MR) is 145 cm³/mol. The van der Waals surface area contributed by atoms with Crippen molar-refractivity contribution >= 4 is 49.7 Å². The van der Waals surface area contributed by atoms with E-state index in [4.69, 9.17) is 20.4 Å². The largest absolute Gasteiger partial charge is 0.495 e. The van der Waals surface area contributed by atoms with E-state index in [9.17, 15) is 27.9 Å². The van der Waals surface area contributed by atoms with Gasteiger partial charge in [-0.15, -0.1) is 10.5 Å². The Balaban J connectivity index is 0.000000559. The van der Waals surface area contributed by atoms with Crippen molar-refractivity contribution in [3.63, 3.8) is 0 Å². The maximum Gasteiger partial charge on any atom is 0.490 e. The Morgan fingerprint density at radius 3 is 2.50 bits per heavy atom. The van der Waals surface area contributed by atoms with Crippen LogP contribution in [0.25, 0.3) is 10.9 Å². The number of hydrogen-bond donors (Lipinski definition) is 4. The van der Waals surface area contributed by atoms with Crippen LogP contribution < -0.4 is 15.8 Å². The summed E-state index contributed by atoms with van der Waals surface area (Å²) in [5, 5.41) is 23.0. The van der Waals surface area contributed by atoms with Gasteiger partial charge < -0.3 is 26.0 Å². The lowest BCUT2D eigenvalue weighted by Crippen LogP contribution is -2.24. The van der Waals surface area contributed by atoms with Gasteiger partial charge in [0.05, 0.1) is 31.0 Å². The number of amides is 2. The summed E-state index contributed by atoms with van der Waals surface area (Å²) in [4.78, 5) is 41.8. The number of aliphatic carboxylic acids is 1. The first-order chi connectivity index (χ1) is 18.9. The molecule has 5 N–H and O–H groups in total. The molecule has 14 heteroatoms. The number of carboxylic acids is 1. The zero-order valence-corrected chi connectivity index (χ0v) is 21.8. The Labute approximate surface area is 228 Å². The summed E-state index contributed by atoms with van der Waals surface area (Å²) in [7, 11) is 0.886. The smallest absolute Gasteiger partial charge is 0.490 e. The minimum atomic E-state index is -5.08. The van der Waals surface area contributed by atoms with E-state index in [1.807, 2.05) is 53.9 Å². The molecule has 0 saturated carbocycles. The van der Waals surface area contributed by atoms with Gasteiger partial charge in [0, 0.05) is 11.6 Å². The number of nitrogens with zero attached hydrogens (tertiary/aromatic N) is 2. The van der Waals surface area contributed by atoms with Crippen molar-refractivity contribution in [2.45, 2.75) is 18.6 Å². The van der Waals surface area contributed by atoms with E-state index in [0.717, 1.165) is 11.1 Å². The van der Waals surface area contributed by atoms with Crippen LogP contribution in [0.1, 0.15) is 21.5 Å². The van der Waals surface area contributed by atoms with E-state index in [2.05, 4.69) is 15.3 Å². The highest BCUT2D eigenvalue weighted by Gasteiger charge is 2.38. The van der Waals surface area contributed by atoms with Gasteiger partial charge in [0.25, 0.3) is 5.91 Å². The molecule has 1 unspecified atom stereocenters. The van der Waals surface area contributed by atoms with Crippen LogP contribution in [0, 0.1) is 0 Å². The van der Waals surface area contributed by atoms with Gasteiger partial charge in [-0.25, -0.2) is 4.79 Å². The lowest BCUT2D eigenvalue weighted by molar-refractivity contribution is -0.192. The average molecular weight is 579 g/mol. The molecule has 40 heavy (non-hydrogen) atoms. The summed E-state index contributed by atoms with van der Waals surface area (Å²) >= 11 is 0. The van der Waals surface area contributed by atoms with Gasteiger partial charge in [-0.3, -0.25) is 19.6 Å². The van der Waals surface area contributed by atoms with E-state index in [-0.39, 0.29) is 29.9 Å². The van der Waals surface area contributed by atoms with Gasteiger partial charge in [-0.2, -0.15) is 13.2 Å². The zero-order valence-electron chi connectivity index (χ0n) is 21.0. The third kappa shape index (κ3) is 7.86. The summed E-state index contributed by atoms with van der Waals surface area (Å²) in [6.45, 7) is -0.125. The van der Waals surface area contributed by atoms with Gasteiger partial charge in [-0.1, -0.05) is 36.4 Å². The fraction of sp³-hybridized carbons (Fsp3) is 0.231. The fourth-order valence-corrected chi connectivity index (χ4v) is 5.34. The number of carboxylic acid groups (broad SMARTS) is 1. The molecular formula is C26H25F3N4O6S. The topological polar surface area (TPSA) is 164 Å². The van der Waals surface area contributed by atoms with Gasteiger partial charge in [0.1, 0.15) is 11.3 Å². The van der Waals surface area contributed by atoms with Crippen LogP contribution in [0.3, 0.4) is 0 Å². The molecule has 212 valence electrons. The number of amidine groups is 1. The number of aliphatic imine (C=N–C) groups is 1. The molecule has 1 saturated heterocycles. The molecule has 0 radical (unpaired) electrons. The van der Waals surface area contributed by atoms with Crippen LogP contribution in [0.4, 0.5) is 13.2 Å². The number of carbonyl (C=O) groups is 3. The average Bonchev–Trinajstić information content (AvgIpc) is 3.25. The van der Waals surface area contributed by atoms with Gasteiger partial charge in [0.15, 0.2) is 5.17 Å². The molecule has 2 heterocycles. The first kappa shape index (κ1) is 30.2. The number of fused-ring (bicyclic) bond motifs is 1. The van der Waals surface area contributed by atoms with E-state index in [0.29, 0.717) is 28.2 Å². The number of rotatable bonds is 7. The van der Waals surface area contributed by atoms with Crippen molar-refractivity contribution in [3.05, 3.63) is 71.4 Å².